The van der Waals surface area contributed by atoms with Crippen molar-refractivity contribution >= 4 is 10.8 Å². The third-order valence-corrected chi connectivity index (χ3v) is 3.36. The summed E-state index contributed by atoms with van der Waals surface area (Å²) in [4.78, 5) is 0. The third-order valence-electron chi connectivity index (χ3n) is 3.36. The molecule has 0 aromatic heterocycles. The SMILES string of the molecule is COc1ccc2cccc(C3CC3N)c2c1. The van der Waals surface area contributed by atoms with Crippen molar-refractivity contribution in [3.05, 3.63) is 42.0 Å². The van der Waals surface area contributed by atoms with Crippen molar-refractivity contribution in [3.63, 3.8) is 0 Å². The number of rotatable bonds is 2. The first-order valence-electron chi connectivity index (χ1n) is 5.62. The summed E-state index contributed by atoms with van der Waals surface area (Å²) < 4.78 is 5.27. The summed E-state index contributed by atoms with van der Waals surface area (Å²) in [5.74, 6) is 1.45. The lowest BCUT2D eigenvalue weighted by molar-refractivity contribution is 0.415. The first-order valence-corrected chi connectivity index (χ1v) is 5.62. The summed E-state index contributed by atoms with van der Waals surface area (Å²) in [6.07, 6.45) is 1.11. The Kier molecular flexibility index (Phi) is 2.11. The standard InChI is InChI=1S/C14H15NO/c1-16-10-6-5-9-3-2-4-11(12(9)7-10)13-8-14(13)15/h2-7,13-14H,8,15H2,1H3. The van der Waals surface area contributed by atoms with E-state index >= 15 is 0 Å². The van der Waals surface area contributed by atoms with Gasteiger partial charge in [-0.25, -0.2) is 0 Å². The minimum Gasteiger partial charge on any atom is -0.497 e. The fraction of sp³-hybridized carbons (Fsp3) is 0.286. The van der Waals surface area contributed by atoms with Crippen LogP contribution in [-0.4, -0.2) is 13.2 Å². The molecule has 16 heavy (non-hydrogen) atoms. The second-order valence-electron chi connectivity index (χ2n) is 4.44. The summed E-state index contributed by atoms with van der Waals surface area (Å²) >= 11 is 0. The van der Waals surface area contributed by atoms with Crippen molar-refractivity contribution in [2.45, 2.75) is 18.4 Å². The second-order valence-corrected chi connectivity index (χ2v) is 4.44. The molecule has 1 saturated carbocycles. The van der Waals surface area contributed by atoms with Gasteiger partial charge >= 0.3 is 0 Å². The van der Waals surface area contributed by atoms with E-state index in [1.165, 1.54) is 16.3 Å². The molecule has 0 amide bonds. The number of hydrogen-bond donors (Lipinski definition) is 1. The third kappa shape index (κ3) is 1.46. The molecule has 2 unspecified atom stereocenters. The molecular weight excluding hydrogens is 198 g/mol. The maximum absolute atomic E-state index is 5.93. The Bertz CT molecular complexity index is 535. The largest absolute Gasteiger partial charge is 0.497 e. The molecule has 1 aliphatic carbocycles. The van der Waals surface area contributed by atoms with Gasteiger partial charge in [-0.2, -0.15) is 0 Å². The van der Waals surface area contributed by atoms with Crippen molar-refractivity contribution < 1.29 is 4.74 Å². The first-order chi connectivity index (χ1) is 7.79. The van der Waals surface area contributed by atoms with E-state index in [4.69, 9.17) is 10.5 Å². The molecule has 0 spiro atoms. The second kappa shape index (κ2) is 3.49. The molecule has 2 aromatic rings. The van der Waals surface area contributed by atoms with Gasteiger partial charge in [0, 0.05) is 12.0 Å². The molecule has 2 nitrogen and oxygen atoms in total. The average molecular weight is 213 g/mol. The number of fused-ring (bicyclic) bond motifs is 1. The highest BCUT2D eigenvalue weighted by Gasteiger charge is 2.35. The van der Waals surface area contributed by atoms with E-state index < -0.39 is 0 Å². The molecule has 0 bridgehead atoms. The fourth-order valence-electron chi connectivity index (χ4n) is 2.30. The minimum absolute atomic E-state index is 0.344. The Hall–Kier alpha value is -1.54. The topological polar surface area (TPSA) is 35.2 Å². The van der Waals surface area contributed by atoms with Gasteiger partial charge in [0.15, 0.2) is 0 Å². The molecule has 2 heteroatoms. The molecule has 1 aliphatic rings. The van der Waals surface area contributed by atoms with Crippen LogP contribution in [0.3, 0.4) is 0 Å². The Labute approximate surface area is 95.0 Å². The Balaban J connectivity index is 2.19. The van der Waals surface area contributed by atoms with Crippen LogP contribution in [0.5, 0.6) is 5.75 Å². The molecule has 2 N–H and O–H groups in total. The summed E-state index contributed by atoms with van der Waals surface area (Å²) in [5.41, 5.74) is 7.29. The Morgan fingerprint density at radius 2 is 2.06 bits per heavy atom. The monoisotopic (exact) mass is 213 g/mol. The zero-order valence-electron chi connectivity index (χ0n) is 9.31. The van der Waals surface area contributed by atoms with Gasteiger partial charge in [0.05, 0.1) is 7.11 Å². The fourth-order valence-corrected chi connectivity index (χ4v) is 2.30. The van der Waals surface area contributed by atoms with Crippen molar-refractivity contribution in [2.75, 3.05) is 7.11 Å². The van der Waals surface area contributed by atoms with Gasteiger partial charge in [-0.1, -0.05) is 24.3 Å². The van der Waals surface area contributed by atoms with Crippen molar-refractivity contribution in [3.8, 4) is 5.75 Å². The van der Waals surface area contributed by atoms with Crippen LogP contribution in [0.15, 0.2) is 36.4 Å². The molecule has 0 saturated heterocycles. The smallest absolute Gasteiger partial charge is 0.119 e. The van der Waals surface area contributed by atoms with Crippen LogP contribution in [0.1, 0.15) is 17.9 Å². The lowest BCUT2D eigenvalue weighted by Gasteiger charge is -2.07. The highest BCUT2D eigenvalue weighted by molar-refractivity contribution is 5.88. The Morgan fingerprint density at radius 3 is 2.75 bits per heavy atom. The summed E-state index contributed by atoms with van der Waals surface area (Å²) in [6, 6.07) is 13.0. The van der Waals surface area contributed by atoms with Crippen LogP contribution < -0.4 is 10.5 Å². The van der Waals surface area contributed by atoms with Crippen molar-refractivity contribution in [2.24, 2.45) is 5.73 Å². The van der Waals surface area contributed by atoms with Gasteiger partial charge in [-0.05, 0) is 34.9 Å². The summed E-state index contributed by atoms with van der Waals surface area (Å²) in [5, 5.41) is 2.54. The van der Waals surface area contributed by atoms with E-state index in [1.54, 1.807) is 7.11 Å². The minimum atomic E-state index is 0.344. The van der Waals surface area contributed by atoms with Gasteiger partial charge in [0.1, 0.15) is 5.75 Å². The molecule has 0 heterocycles. The van der Waals surface area contributed by atoms with Gasteiger partial charge in [-0.15, -0.1) is 0 Å². The van der Waals surface area contributed by atoms with Crippen LogP contribution in [0, 0.1) is 0 Å². The average Bonchev–Trinajstić information content (AvgIpc) is 3.04. The number of benzene rings is 2. The van der Waals surface area contributed by atoms with Crippen molar-refractivity contribution in [1.82, 2.24) is 0 Å². The number of nitrogens with two attached hydrogens (primary N) is 1. The zero-order valence-corrected chi connectivity index (χ0v) is 9.31. The molecule has 0 radical (unpaired) electrons. The summed E-state index contributed by atoms with van der Waals surface area (Å²) in [6.45, 7) is 0. The number of ether oxygens (including phenoxy) is 1. The van der Waals surface area contributed by atoms with E-state index in [1.807, 2.05) is 6.07 Å². The van der Waals surface area contributed by atoms with E-state index in [-0.39, 0.29) is 0 Å². The molecule has 2 atom stereocenters. The van der Waals surface area contributed by atoms with Gasteiger partial charge in [0.2, 0.25) is 0 Å². The van der Waals surface area contributed by atoms with Gasteiger partial charge in [0.25, 0.3) is 0 Å². The summed E-state index contributed by atoms with van der Waals surface area (Å²) in [7, 11) is 1.70. The lowest BCUT2D eigenvalue weighted by atomic mass is 10.0. The van der Waals surface area contributed by atoms with E-state index in [0.717, 1.165) is 12.2 Å². The quantitative estimate of drug-likeness (QED) is 0.832. The van der Waals surface area contributed by atoms with Crippen LogP contribution in [0.4, 0.5) is 0 Å². The van der Waals surface area contributed by atoms with E-state index in [0.29, 0.717) is 12.0 Å². The maximum Gasteiger partial charge on any atom is 0.119 e. The zero-order chi connectivity index (χ0) is 11.1. The molecule has 0 aliphatic heterocycles. The molecule has 3 rings (SSSR count). The first kappa shape index (κ1) is 9.67. The van der Waals surface area contributed by atoms with Crippen LogP contribution in [0.2, 0.25) is 0 Å². The predicted octanol–water partition coefficient (Wildman–Crippen LogP) is 2.66. The maximum atomic E-state index is 5.93. The normalized spacial score (nSPS) is 23.4. The van der Waals surface area contributed by atoms with Gasteiger partial charge in [-0.3, -0.25) is 0 Å². The highest BCUT2D eigenvalue weighted by Crippen LogP contribution is 2.42. The highest BCUT2D eigenvalue weighted by atomic mass is 16.5. The van der Waals surface area contributed by atoms with Crippen molar-refractivity contribution in [1.29, 1.82) is 0 Å². The molecule has 1 fully saturated rings. The van der Waals surface area contributed by atoms with Gasteiger partial charge < -0.3 is 10.5 Å². The van der Waals surface area contributed by atoms with E-state index in [2.05, 4.69) is 30.3 Å². The van der Waals surface area contributed by atoms with Crippen LogP contribution >= 0.6 is 0 Å². The molecule has 2 aromatic carbocycles. The van der Waals surface area contributed by atoms with Crippen LogP contribution in [-0.2, 0) is 0 Å². The Morgan fingerprint density at radius 1 is 1.25 bits per heavy atom. The lowest BCUT2D eigenvalue weighted by Crippen LogP contribution is -2.01. The van der Waals surface area contributed by atoms with E-state index in [9.17, 15) is 0 Å². The van der Waals surface area contributed by atoms with Crippen LogP contribution in [0.25, 0.3) is 10.8 Å². The predicted molar refractivity (Wildman–Crippen MR) is 65.8 cm³/mol. The molecular formula is C14H15NO. The molecule has 82 valence electrons. The number of methoxy groups -OCH3 is 1. The number of hydrogen-bond acceptors (Lipinski definition) is 2.